The number of hydrogen-bond donors (Lipinski definition) is 0. The highest BCUT2D eigenvalue weighted by molar-refractivity contribution is 5.74. The Bertz CT molecular complexity index is 1110. The van der Waals surface area contributed by atoms with Gasteiger partial charge in [-0.3, -0.25) is 4.40 Å². The fourth-order valence-corrected chi connectivity index (χ4v) is 2.95. The molecule has 0 aliphatic carbocycles. The van der Waals surface area contributed by atoms with Crippen molar-refractivity contribution >= 4 is 17.2 Å². The zero-order valence-electron chi connectivity index (χ0n) is 15.1. The zero-order valence-corrected chi connectivity index (χ0v) is 15.1. The summed E-state index contributed by atoms with van der Waals surface area (Å²) in [5, 5.41) is 9.13. The van der Waals surface area contributed by atoms with Crippen LogP contribution in [-0.2, 0) is 0 Å². The van der Waals surface area contributed by atoms with Crippen LogP contribution in [0.1, 0.15) is 16.7 Å². The lowest BCUT2D eigenvalue weighted by atomic mass is 10.1. The van der Waals surface area contributed by atoms with Crippen LogP contribution in [0.3, 0.4) is 0 Å². The number of nitrogens with zero attached hydrogens (tertiary/aromatic N) is 4. The van der Waals surface area contributed by atoms with E-state index in [9.17, 15) is 0 Å². The summed E-state index contributed by atoms with van der Waals surface area (Å²) < 4.78 is 1.99. The minimum Gasteiger partial charge on any atom is -0.283 e. The van der Waals surface area contributed by atoms with E-state index in [0.717, 1.165) is 34.0 Å². The van der Waals surface area contributed by atoms with E-state index in [1.54, 1.807) is 0 Å². The molecule has 0 aliphatic heterocycles. The molecule has 0 amide bonds. The number of fused-ring (bicyclic) bond motifs is 1. The van der Waals surface area contributed by atoms with Crippen LogP contribution >= 0.6 is 0 Å². The Morgan fingerprint density at radius 1 is 0.808 bits per heavy atom. The van der Waals surface area contributed by atoms with Crippen molar-refractivity contribution in [1.29, 1.82) is 0 Å². The Morgan fingerprint density at radius 3 is 2.38 bits per heavy atom. The SMILES string of the molecule is Cc1ccc(C)c(N=Nc2c(-c3ccccc3)nc3cc(C)ccn23)c1. The van der Waals surface area contributed by atoms with Gasteiger partial charge in [0.15, 0.2) is 5.82 Å². The first kappa shape index (κ1) is 16.2. The molecule has 0 aliphatic rings. The Labute approximate surface area is 152 Å². The van der Waals surface area contributed by atoms with Crippen LogP contribution < -0.4 is 0 Å². The van der Waals surface area contributed by atoms with Crippen LogP contribution in [0.25, 0.3) is 16.9 Å². The van der Waals surface area contributed by atoms with Crippen molar-refractivity contribution in [2.75, 3.05) is 0 Å². The van der Waals surface area contributed by atoms with Crippen LogP contribution in [0.5, 0.6) is 0 Å². The lowest BCUT2D eigenvalue weighted by Crippen LogP contribution is -1.84. The summed E-state index contributed by atoms with van der Waals surface area (Å²) in [6.07, 6.45) is 2.00. The maximum Gasteiger partial charge on any atom is 0.187 e. The summed E-state index contributed by atoms with van der Waals surface area (Å²) in [5.74, 6) is 0.743. The molecule has 4 heteroatoms. The fourth-order valence-electron chi connectivity index (χ4n) is 2.95. The molecule has 128 valence electrons. The molecule has 2 aromatic heterocycles. The van der Waals surface area contributed by atoms with Gasteiger partial charge in [0.05, 0.1) is 5.69 Å². The molecule has 4 aromatic rings. The largest absolute Gasteiger partial charge is 0.283 e. The van der Waals surface area contributed by atoms with Gasteiger partial charge in [-0.15, -0.1) is 10.2 Å². The maximum absolute atomic E-state index is 4.81. The predicted molar refractivity (Wildman–Crippen MR) is 105 cm³/mol. The Hall–Kier alpha value is -3.27. The van der Waals surface area contributed by atoms with Crippen LogP contribution in [-0.4, -0.2) is 9.38 Å². The van der Waals surface area contributed by atoms with E-state index < -0.39 is 0 Å². The first-order valence-electron chi connectivity index (χ1n) is 8.65. The molecule has 0 saturated carbocycles. The highest BCUT2D eigenvalue weighted by Gasteiger charge is 2.14. The van der Waals surface area contributed by atoms with Gasteiger partial charge in [-0.1, -0.05) is 42.5 Å². The van der Waals surface area contributed by atoms with Crippen LogP contribution in [0.2, 0.25) is 0 Å². The molecule has 0 fully saturated rings. The molecule has 0 atom stereocenters. The Kier molecular flexibility index (Phi) is 4.09. The molecular weight excluding hydrogens is 320 g/mol. The number of benzene rings is 2. The summed E-state index contributed by atoms with van der Waals surface area (Å²) in [6, 6.07) is 20.4. The highest BCUT2D eigenvalue weighted by atomic mass is 15.2. The summed E-state index contributed by atoms with van der Waals surface area (Å²) in [6.45, 7) is 6.17. The summed E-state index contributed by atoms with van der Waals surface area (Å²) >= 11 is 0. The Balaban J connectivity index is 1.90. The molecule has 4 nitrogen and oxygen atoms in total. The Morgan fingerprint density at radius 2 is 1.58 bits per heavy atom. The number of aryl methyl sites for hydroxylation is 3. The molecule has 2 aromatic carbocycles. The molecule has 0 spiro atoms. The van der Waals surface area contributed by atoms with E-state index >= 15 is 0 Å². The normalized spacial score (nSPS) is 11.5. The lowest BCUT2D eigenvalue weighted by Gasteiger charge is -2.02. The number of pyridine rings is 1. The van der Waals surface area contributed by atoms with Crippen molar-refractivity contribution in [3.05, 3.63) is 83.6 Å². The van der Waals surface area contributed by atoms with Gasteiger partial charge in [-0.2, -0.15) is 0 Å². The predicted octanol–water partition coefficient (Wildman–Crippen LogP) is 6.34. The van der Waals surface area contributed by atoms with Gasteiger partial charge in [-0.05, 0) is 55.7 Å². The summed E-state index contributed by atoms with van der Waals surface area (Å²) in [7, 11) is 0. The molecule has 0 unspecified atom stereocenters. The van der Waals surface area contributed by atoms with Gasteiger partial charge in [0.25, 0.3) is 0 Å². The topological polar surface area (TPSA) is 42.0 Å². The lowest BCUT2D eigenvalue weighted by molar-refractivity contribution is 1.09. The first-order chi connectivity index (χ1) is 12.6. The molecule has 0 N–H and O–H groups in total. The third-order valence-corrected chi connectivity index (χ3v) is 4.42. The number of rotatable bonds is 3. The molecule has 0 radical (unpaired) electrons. The quantitative estimate of drug-likeness (QED) is 0.401. The minimum absolute atomic E-state index is 0.743. The average molecular weight is 340 g/mol. The fraction of sp³-hybridized carbons (Fsp3) is 0.136. The van der Waals surface area contributed by atoms with Gasteiger partial charge in [0.2, 0.25) is 0 Å². The number of imidazole rings is 1. The maximum atomic E-state index is 4.81. The van der Waals surface area contributed by atoms with E-state index in [-0.39, 0.29) is 0 Å². The summed E-state index contributed by atoms with van der Waals surface area (Å²) in [4.78, 5) is 4.81. The van der Waals surface area contributed by atoms with Crippen molar-refractivity contribution in [2.45, 2.75) is 20.8 Å². The van der Waals surface area contributed by atoms with Gasteiger partial charge in [0, 0.05) is 11.8 Å². The molecule has 26 heavy (non-hydrogen) atoms. The highest BCUT2D eigenvalue weighted by Crippen LogP contribution is 2.33. The van der Waals surface area contributed by atoms with Crippen molar-refractivity contribution in [1.82, 2.24) is 9.38 Å². The summed E-state index contributed by atoms with van der Waals surface area (Å²) in [5.41, 5.74) is 7.06. The van der Waals surface area contributed by atoms with E-state index in [0.29, 0.717) is 0 Å². The standard InChI is InChI=1S/C22H20N4/c1-15-9-10-17(3)19(13-15)24-25-22-21(18-7-5-4-6-8-18)23-20-14-16(2)11-12-26(20)22/h4-14H,1-3H3. The van der Waals surface area contributed by atoms with Crippen molar-refractivity contribution in [2.24, 2.45) is 10.2 Å². The van der Waals surface area contributed by atoms with Crippen molar-refractivity contribution in [3.8, 4) is 11.3 Å². The second-order valence-electron chi connectivity index (χ2n) is 6.57. The van der Waals surface area contributed by atoms with E-state index in [4.69, 9.17) is 4.98 Å². The molecule has 2 heterocycles. The van der Waals surface area contributed by atoms with E-state index in [2.05, 4.69) is 48.3 Å². The van der Waals surface area contributed by atoms with Crippen molar-refractivity contribution < 1.29 is 0 Å². The van der Waals surface area contributed by atoms with Crippen molar-refractivity contribution in [3.63, 3.8) is 0 Å². The monoisotopic (exact) mass is 340 g/mol. The molecule has 0 saturated heterocycles. The molecular formula is C22H20N4. The third-order valence-electron chi connectivity index (χ3n) is 4.42. The number of azo groups is 1. The van der Waals surface area contributed by atoms with Crippen LogP contribution in [0, 0.1) is 20.8 Å². The van der Waals surface area contributed by atoms with Gasteiger partial charge < -0.3 is 0 Å². The number of aromatic nitrogens is 2. The first-order valence-corrected chi connectivity index (χ1v) is 8.65. The second kappa shape index (κ2) is 6.56. The van der Waals surface area contributed by atoms with Gasteiger partial charge in [0.1, 0.15) is 11.3 Å². The van der Waals surface area contributed by atoms with Gasteiger partial charge >= 0.3 is 0 Å². The van der Waals surface area contributed by atoms with E-state index in [1.807, 2.05) is 53.9 Å². The minimum atomic E-state index is 0.743. The van der Waals surface area contributed by atoms with Crippen LogP contribution in [0.15, 0.2) is 77.1 Å². The molecule has 4 rings (SSSR count). The second-order valence-corrected chi connectivity index (χ2v) is 6.57. The van der Waals surface area contributed by atoms with Crippen LogP contribution in [0.4, 0.5) is 11.5 Å². The molecule has 0 bridgehead atoms. The van der Waals surface area contributed by atoms with Gasteiger partial charge in [-0.25, -0.2) is 4.98 Å². The smallest absolute Gasteiger partial charge is 0.187 e. The zero-order chi connectivity index (χ0) is 18.1. The third kappa shape index (κ3) is 3.02. The number of hydrogen-bond acceptors (Lipinski definition) is 3. The van der Waals surface area contributed by atoms with E-state index in [1.165, 1.54) is 11.1 Å². The average Bonchev–Trinajstić information content (AvgIpc) is 3.00.